The molecule has 16 heavy (non-hydrogen) atoms. The van der Waals surface area contributed by atoms with E-state index in [1.807, 2.05) is 18.2 Å². The van der Waals surface area contributed by atoms with Crippen molar-refractivity contribution in [2.24, 2.45) is 0 Å². The highest BCUT2D eigenvalue weighted by Gasteiger charge is 2.10. The summed E-state index contributed by atoms with van der Waals surface area (Å²) in [4.78, 5) is 0. The number of hydrogen-bond acceptors (Lipinski definition) is 1. The largest absolute Gasteiger partial charge is 0.205 e. The van der Waals surface area contributed by atoms with Crippen molar-refractivity contribution in [3.8, 4) is 0 Å². The SMILES string of the molecule is Fc1ccccc1N(F)Cc1ccccc1. The Hall–Kier alpha value is -1.90. The maximum absolute atomic E-state index is 13.7. The lowest BCUT2D eigenvalue weighted by molar-refractivity contribution is 0.419. The Morgan fingerprint density at radius 3 is 2.19 bits per heavy atom. The van der Waals surface area contributed by atoms with Crippen molar-refractivity contribution in [2.75, 3.05) is 5.12 Å². The molecule has 0 saturated carbocycles. The summed E-state index contributed by atoms with van der Waals surface area (Å²) in [6.07, 6.45) is 0. The van der Waals surface area contributed by atoms with Gasteiger partial charge in [0.05, 0.1) is 6.54 Å². The highest BCUT2D eigenvalue weighted by atomic mass is 19.2. The lowest BCUT2D eigenvalue weighted by Crippen LogP contribution is -2.12. The quantitative estimate of drug-likeness (QED) is 0.711. The number of rotatable bonds is 3. The van der Waals surface area contributed by atoms with Gasteiger partial charge in [-0.05, 0) is 17.7 Å². The third-order valence-corrected chi connectivity index (χ3v) is 2.28. The number of hydrogen-bond donors (Lipinski definition) is 0. The van der Waals surface area contributed by atoms with Gasteiger partial charge >= 0.3 is 0 Å². The van der Waals surface area contributed by atoms with Crippen molar-refractivity contribution in [3.63, 3.8) is 0 Å². The Balaban J connectivity index is 2.15. The summed E-state index contributed by atoms with van der Waals surface area (Å²) in [6.45, 7) is 0.0434. The van der Waals surface area contributed by atoms with E-state index in [4.69, 9.17) is 0 Å². The summed E-state index contributed by atoms with van der Waals surface area (Å²) in [6, 6.07) is 14.9. The summed E-state index contributed by atoms with van der Waals surface area (Å²) < 4.78 is 26.9. The molecule has 3 heteroatoms. The highest BCUT2D eigenvalue weighted by Crippen LogP contribution is 2.20. The molecule has 0 fully saturated rings. The van der Waals surface area contributed by atoms with E-state index in [9.17, 15) is 8.87 Å². The molecule has 2 rings (SSSR count). The highest BCUT2D eigenvalue weighted by molar-refractivity contribution is 5.45. The zero-order chi connectivity index (χ0) is 11.4. The van der Waals surface area contributed by atoms with Crippen LogP contribution >= 0.6 is 0 Å². The number of nitrogens with zero attached hydrogens (tertiary/aromatic N) is 1. The summed E-state index contributed by atoms with van der Waals surface area (Å²) >= 11 is 0. The predicted molar refractivity (Wildman–Crippen MR) is 60.1 cm³/mol. The summed E-state index contributed by atoms with van der Waals surface area (Å²) in [5.41, 5.74) is 0.764. The normalized spacial score (nSPS) is 10.1. The second-order valence-corrected chi connectivity index (χ2v) is 3.46. The maximum Gasteiger partial charge on any atom is 0.149 e. The number of benzene rings is 2. The fraction of sp³-hybridized carbons (Fsp3) is 0.0769. The molecule has 0 aliphatic carbocycles. The van der Waals surface area contributed by atoms with Crippen molar-refractivity contribution in [3.05, 3.63) is 66.0 Å². The molecule has 1 nitrogen and oxygen atoms in total. The van der Waals surface area contributed by atoms with Crippen LogP contribution < -0.4 is 5.12 Å². The monoisotopic (exact) mass is 219 g/mol. The van der Waals surface area contributed by atoms with Crippen molar-refractivity contribution in [1.82, 2.24) is 0 Å². The van der Waals surface area contributed by atoms with Crippen LogP contribution in [-0.2, 0) is 6.54 Å². The fourth-order valence-electron chi connectivity index (χ4n) is 1.48. The second kappa shape index (κ2) is 4.75. The number of anilines is 1. The third kappa shape index (κ3) is 2.37. The van der Waals surface area contributed by atoms with Crippen LogP contribution in [0.4, 0.5) is 14.6 Å². The van der Waals surface area contributed by atoms with E-state index < -0.39 is 5.82 Å². The molecule has 0 bridgehead atoms. The lowest BCUT2D eigenvalue weighted by Gasteiger charge is -2.14. The molecule has 0 N–H and O–H groups in total. The van der Waals surface area contributed by atoms with E-state index in [2.05, 4.69) is 0 Å². The Morgan fingerprint density at radius 2 is 1.50 bits per heavy atom. The van der Waals surface area contributed by atoms with Crippen molar-refractivity contribution in [1.29, 1.82) is 0 Å². The van der Waals surface area contributed by atoms with Crippen molar-refractivity contribution in [2.45, 2.75) is 6.54 Å². The van der Waals surface area contributed by atoms with Crippen molar-refractivity contribution >= 4 is 5.69 Å². The van der Waals surface area contributed by atoms with Crippen LogP contribution in [0.2, 0.25) is 0 Å². The van der Waals surface area contributed by atoms with Crippen LogP contribution in [0, 0.1) is 5.82 Å². The first-order valence-corrected chi connectivity index (χ1v) is 4.99. The van der Waals surface area contributed by atoms with E-state index >= 15 is 0 Å². The van der Waals surface area contributed by atoms with Gasteiger partial charge in [0.25, 0.3) is 0 Å². The van der Waals surface area contributed by atoms with Gasteiger partial charge in [0.2, 0.25) is 0 Å². The molecule has 0 unspecified atom stereocenters. The van der Waals surface area contributed by atoms with Crippen LogP contribution in [0.5, 0.6) is 0 Å². The Kier molecular flexibility index (Phi) is 3.15. The van der Waals surface area contributed by atoms with Crippen LogP contribution in [0.15, 0.2) is 54.6 Å². The Labute approximate surface area is 92.9 Å². The van der Waals surface area contributed by atoms with E-state index in [0.717, 1.165) is 5.56 Å². The van der Waals surface area contributed by atoms with Gasteiger partial charge in [0.1, 0.15) is 11.5 Å². The van der Waals surface area contributed by atoms with Gasteiger partial charge in [-0.3, -0.25) is 0 Å². The van der Waals surface area contributed by atoms with E-state index in [1.165, 1.54) is 18.2 Å². The van der Waals surface area contributed by atoms with E-state index in [1.54, 1.807) is 18.2 Å². The molecule has 0 saturated heterocycles. The van der Waals surface area contributed by atoms with Crippen LogP contribution in [-0.4, -0.2) is 0 Å². The van der Waals surface area contributed by atoms with Crippen LogP contribution in [0.25, 0.3) is 0 Å². The molecule has 0 heterocycles. The smallest absolute Gasteiger partial charge is 0.149 e. The fourth-order valence-corrected chi connectivity index (χ4v) is 1.48. The zero-order valence-corrected chi connectivity index (χ0v) is 8.61. The molecule has 2 aromatic carbocycles. The lowest BCUT2D eigenvalue weighted by atomic mass is 10.2. The molecule has 0 atom stereocenters. The summed E-state index contributed by atoms with van der Waals surface area (Å²) in [5.74, 6) is -0.555. The third-order valence-electron chi connectivity index (χ3n) is 2.28. The molecular formula is C13H11F2N. The first-order chi connectivity index (χ1) is 7.77. The summed E-state index contributed by atoms with van der Waals surface area (Å²) in [7, 11) is 0. The minimum atomic E-state index is -0.555. The first-order valence-electron chi connectivity index (χ1n) is 4.99. The van der Waals surface area contributed by atoms with E-state index in [0.29, 0.717) is 5.12 Å². The molecule has 0 amide bonds. The molecule has 0 spiro atoms. The van der Waals surface area contributed by atoms with Gasteiger partial charge in [-0.2, -0.15) is 0 Å². The van der Waals surface area contributed by atoms with Gasteiger partial charge in [-0.1, -0.05) is 46.9 Å². The second-order valence-electron chi connectivity index (χ2n) is 3.46. The molecule has 0 radical (unpaired) electrons. The number of halogens is 2. The van der Waals surface area contributed by atoms with Crippen molar-refractivity contribution < 1.29 is 8.87 Å². The molecule has 0 aromatic heterocycles. The van der Waals surface area contributed by atoms with E-state index in [-0.39, 0.29) is 12.2 Å². The van der Waals surface area contributed by atoms with Gasteiger partial charge in [-0.25, -0.2) is 9.51 Å². The average molecular weight is 219 g/mol. The van der Waals surface area contributed by atoms with Crippen LogP contribution in [0.3, 0.4) is 0 Å². The van der Waals surface area contributed by atoms with Gasteiger partial charge in [-0.15, -0.1) is 0 Å². The molecule has 2 aromatic rings. The minimum absolute atomic E-state index is 0.0358. The van der Waals surface area contributed by atoms with Gasteiger partial charge in [0.15, 0.2) is 0 Å². The topological polar surface area (TPSA) is 3.24 Å². The molecule has 0 aliphatic rings. The Morgan fingerprint density at radius 1 is 0.875 bits per heavy atom. The molecule has 0 aliphatic heterocycles. The zero-order valence-electron chi connectivity index (χ0n) is 8.61. The van der Waals surface area contributed by atoms with Gasteiger partial charge in [0, 0.05) is 0 Å². The molecular weight excluding hydrogens is 208 g/mol. The molecule has 82 valence electrons. The summed E-state index contributed by atoms with van der Waals surface area (Å²) in [5, 5.41) is 0.407. The Bertz CT molecular complexity index is 456. The van der Waals surface area contributed by atoms with Gasteiger partial charge < -0.3 is 0 Å². The first kappa shape index (κ1) is 10.6. The van der Waals surface area contributed by atoms with Crippen LogP contribution in [0.1, 0.15) is 5.56 Å². The minimum Gasteiger partial charge on any atom is -0.205 e. The maximum atomic E-state index is 13.7. The average Bonchev–Trinajstić information content (AvgIpc) is 2.31. The number of para-hydroxylation sites is 1. The predicted octanol–water partition coefficient (Wildman–Crippen LogP) is 3.72. The standard InChI is InChI=1S/C13H11F2N/c14-12-8-4-5-9-13(12)16(15)10-11-6-2-1-3-7-11/h1-9H,10H2.